The number of hydrogen-bond acceptors (Lipinski definition) is 4. The fourth-order valence-electron chi connectivity index (χ4n) is 2.46. The van der Waals surface area contributed by atoms with Crippen molar-refractivity contribution < 1.29 is 9.47 Å². The third-order valence-corrected chi connectivity index (χ3v) is 3.76. The van der Waals surface area contributed by atoms with Crippen LogP contribution in [0.2, 0.25) is 0 Å². The van der Waals surface area contributed by atoms with Crippen LogP contribution in [0.15, 0.2) is 0 Å². The molecule has 15 heavy (non-hydrogen) atoms. The zero-order chi connectivity index (χ0) is 10.9. The summed E-state index contributed by atoms with van der Waals surface area (Å²) in [6, 6.07) is 0.733. The second-order valence-electron chi connectivity index (χ2n) is 5.21. The number of hydrogen-bond donors (Lipinski definition) is 1. The molecule has 0 aliphatic carbocycles. The lowest BCUT2D eigenvalue weighted by molar-refractivity contribution is 0.100. The summed E-state index contributed by atoms with van der Waals surface area (Å²) in [5, 5.41) is 0. The molecular weight excluding hydrogens is 192 g/mol. The SMILES string of the molecule is CN(CC1(C)COCC1N)C1CCOC1. The quantitative estimate of drug-likeness (QED) is 0.722. The van der Waals surface area contributed by atoms with Crippen LogP contribution < -0.4 is 5.73 Å². The molecule has 0 saturated carbocycles. The molecule has 0 bridgehead atoms. The minimum atomic E-state index is 0.108. The van der Waals surface area contributed by atoms with Crippen molar-refractivity contribution in [2.45, 2.75) is 25.4 Å². The van der Waals surface area contributed by atoms with Crippen molar-refractivity contribution in [2.24, 2.45) is 11.1 Å². The molecule has 0 aromatic carbocycles. The topological polar surface area (TPSA) is 47.7 Å². The van der Waals surface area contributed by atoms with Gasteiger partial charge in [-0.1, -0.05) is 6.92 Å². The van der Waals surface area contributed by atoms with Crippen molar-refractivity contribution in [3.63, 3.8) is 0 Å². The molecule has 0 aromatic heterocycles. The fourth-order valence-corrected chi connectivity index (χ4v) is 2.46. The van der Waals surface area contributed by atoms with Gasteiger partial charge >= 0.3 is 0 Å². The second kappa shape index (κ2) is 4.37. The molecule has 0 spiro atoms. The molecule has 3 unspecified atom stereocenters. The largest absolute Gasteiger partial charge is 0.380 e. The minimum Gasteiger partial charge on any atom is -0.380 e. The van der Waals surface area contributed by atoms with Crippen LogP contribution in [-0.2, 0) is 9.47 Å². The molecule has 4 nitrogen and oxygen atoms in total. The first-order valence-electron chi connectivity index (χ1n) is 5.73. The van der Waals surface area contributed by atoms with Gasteiger partial charge in [-0.25, -0.2) is 0 Å². The first-order valence-corrected chi connectivity index (χ1v) is 5.73. The molecule has 3 atom stereocenters. The Labute approximate surface area is 91.7 Å². The van der Waals surface area contributed by atoms with Gasteiger partial charge in [0, 0.05) is 30.7 Å². The van der Waals surface area contributed by atoms with Crippen LogP contribution in [0.4, 0.5) is 0 Å². The van der Waals surface area contributed by atoms with Gasteiger partial charge in [0.25, 0.3) is 0 Å². The van der Waals surface area contributed by atoms with Gasteiger partial charge in [0.15, 0.2) is 0 Å². The van der Waals surface area contributed by atoms with E-state index in [1.54, 1.807) is 0 Å². The summed E-state index contributed by atoms with van der Waals surface area (Å²) in [6.45, 7) is 6.47. The standard InChI is InChI=1S/C11H22N2O2/c1-11(8-15-6-10(11)12)7-13(2)9-3-4-14-5-9/h9-10H,3-8,12H2,1-2H3. The van der Waals surface area contributed by atoms with Crippen molar-refractivity contribution in [1.82, 2.24) is 4.90 Å². The predicted octanol–water partition coefficient (Wildman–Crippen LogP) is 0.0709. The van der Waals surface area contributed by atoms with E-state index in [0.29, 0.717) is 12.6 Å². The van der Waals surface area contributed by atoms with E-state index in [9.17, 15) is 0 Å². The zero-order valence-corrected chi connectivity index (χ0v) is 9.74. The van der Waals surface area contributed by atoms with E-state index in [1.165, 1.54) is 0 Å². The highest BCUT2D eigenvalue weighted by molar-refractivity contribution is 4.93. The van der Waals surface area contributed by atoms with Crippen LogP contribution >= 0.6 is 0 Å². The highest BCUT2D eigenvalue weighted by Crippen LogP contribution is 2.29. The molecular formula is C11H22N2O2. The minimum absolute atomic E-state index is 0.108. The molecule has 0 aromatic rings. The summed E-state index contributed by atoms with van der Waals surface area (Å²) in [7, 11) is 2.16. The number of ether oxygens (including phenoxy) is 2. The first-order chi connectivity index (χ1) is 7.12. The van der Waals surface area contributed by atoms with Crippen LogP contribution in [0.25, 0.3) is 0 Å². The van der Waals surface area contributed by atoms with Gasteiger partial charge < -0.3 is 20.1 Å². The maximum Gasteiger partial charge on any atom is 0.0624 e. The Morgan fingerprint density at radius 1 is 1.40 bits per heavy atom. The third kappa shape index (κ3) is 2.33. The van der Waals surface area contributed by atoms with Crippen LogP contribution in [0, 0.1) is 5.41 Å². The maximum atomic E-state index is 6.08. The third-order valence-electron chi connectivity index (χ3n) is 3.76. The summed E-state index contributed by atoms with van der Waals surface area (Å²) >= 11 is 0. The van der Waals surface area contributed by atoms with Crippen molar-refractivity contribution >= 4 is 0 Å². The van der Waals surface area contributed by atoms with Crippen molar-refractivity contribution in [3.05, 3.63) is 0 Å². The van der Waals surface area contributed by atoms with Crippen LogP contribution in [-0.4, -0.2) is 57.0 Å². The van der Waals surface area contributed by atoms with Gasteiger partial charge in [-0.15, -0.1) is 0 Å². The predicted molar refractivity (Wildman–Crippen MR) is 58.8 cm³/mol. The van der Waals surface area contributed by atoms with Gasteiger partial charge in [-0.2, -0.15) is 0 Å². The Bertz CT molecular complexity index is 219. The Hall–Kier alpha value is -0.160. The van der Waals surface area contributed by atoms with Crippen LogP contribution in [0.5, 0.6) is 0 Å². The molecule has 2 aliphatic heterocycles. The highest BCUT2D eigenvalue weighted by Gasteiger charge is 2.39. The Kier molecular flexibility index (Phi) is 3.30. The lowest BCUT2D eigenvalue weighted by Gasteiger charge is -2.34. The van der Waals surface area contributed by atoms with Gasteiger partial charge in [0.1, 0.15) is 0 Å². The number of nitrogens with zero attached hydrogens (tertiary/aromatic N) is 1. The van der Waals surface area contributed by atoms with Crippen LogP contribution in [0.3, 0.4) is 0 Å². The normalized spacial score (nSPS) is 41.6. The van der Waals surface area contributed by atoms with Gasteiger partial charge in [-0.05, 0) is 13.5 Å². The van der Waals surface area contributed by atoms with E-state index in [0.717, 1.165) is 32.8 Å². The number of rotatable bonds is 3. The smallest absolute Gasteiger partial charge is 0.0624 e. The summed E-state index contributed by atoms with van der Waals surface area (Å²) in [6.07, 6.45) is 1.14. The van der Waals surface area contributed by atoms with Gasteiger partial charge in [0.05, 0.1) is 19.8 Å². The molecule has 2 rings (SSSR count). The maximum absolute atomic E-state index is 6.08. The van der Waals surface area contributed by atoms with Crippen molar-refractivity contribution in [1.29, 1.82) is 0 Å². The molecule has 2 heterocycles. The average molecular weight is 214 g/mol. The molecule has 2 fully saturated rings. The zero-order valence-electron chi connectivity index (χ0n) is 9.74. The lowest BCUT2D eigenvalue weighted by atomic mass is 9.85. The molecule has 2 aliphatic rings. The highest BCUT2D eigenvalue weighted by atomic mass is 16.5. The van der Waals surface area contributed by atoms with Crippen molar-refractivity contribution in [2.75, 3.05) is 40.0 Å². The summed E-state index contributed by atoms with van der Waals surface area (Å²) in [5.74, 6) is 0. The Balaban J connectivity index is 1.89. The molecule has 4 heteroatoms. The molecule has 88 valence electrons. The Morgan fingerprint density at radius 2 is 2.20 bits per heavy atom. The molecule has 2 N–H and O–H groups in total. The molecule has 0 radical (unpaired) electrons. The number of nitrogens with two attached hydrogens (primary N) is 1. The van der Waals surface area contributed by atoms with E-state index in [1.807, 2.05) is 0 Å². The summed E-state index contributed by atoms with van der Waals surface area (Å²) in [4.78, 5) is 2.38. The van der Waals surface area contributed by atoms with E-state index < -0.39 is 0 Å². The van der Waals surface area contributed by atoms with E-state index >= 15 is 0 Å². The lowest BCUT2D eigenvalue weighted by Crippen LogP contribution is -2.48. The van der Waals surface area contributed by atoms with Gasteiger partial charge in [-0.3, -0.25) is 0 Å². The van der Waals surface area contributed by atoms with E-state index in [4.69, 9.17) is 15.2 Å². The summed E-state index contributed by atoms with van der Waals surface area (Å²) in [5.41, 5.74) is 6.19. The van der Waals surface area contributed by atoms with Gasteiger partial charge in [0.2, 0.25) is 0 Å². The Morgan fingerprint density at radius 3 is 2.73 bits per heavy atom. The fraction of sp³-hybridized carbons (Fsp3) is 1.00. The monoisotopic (exact) mass is 214 g/mol. The summed E-state index contributed by atoms with van der Waals surface area (Å²) < 4.78 is 10.9. The average Bonchev–Trinajstić information content (AvgIpc) is 2.78. The van der Waals surface area contributed by atoms with E-state index in [-0.39, 0.29) is 11.5 Å². The number of likely N-dealkylation sites (N-methyl/N-ethyl adjacent to an activating group) is 1. The van der Waals surface area contributed by atoms with Crippen molar-refractivity contribution in [3.8, 4) is 0 Å². The van der Waals surface area contributed by atoms with Crippen LogP contribution in [0.1, 0.15) is 13.3 Å². The first kappa shape index (κ1) is 11.3. The van der Waals surface area contributed by atoms with E-state index in [2.05, 4.69) is 18.9 Å². The molecule has 2 saturated heterocycles. The second-order valence-corrected chi connectivity index (χ2v) is 5.21. The molecule has 0 amide bonds.